The first kappa shape index (κ1) is 16.0. The zero-order valence-electron chi connectivity index (χ0n) is 13.3. The van der Waals surface area contributed by atoms with Crippen molar-refractivity contribution in [2.24, 2.45) is 0 Å². The van der Waals surface area contributed by atoms with Gasteiger partial charge in [-0.15, -0.1) is 0 Å². The van der Waals surface area contributed by atoms with Gasteiger partial charge in [0.2, 0.25) is 11.8 Å². The summed E-state index contributed by atoms with van der Waals surface area (Å²) < 4.78 is 5.51. The van der Waals surface area contributed by atoms with Crippen molar-refractivity contribution in [2.45, 2.75) is 12.5 Å². The number of para-hydroxylation sites is 2. The predicted molar refractivity (Wildman–Crippen MR) is 92.1 cm³/mol. The molecule has 0 bridgehead atoms. The highest BCUT2D eigenvalue weighted by Gasteiger charge is 2.22. The molecule has 122 valence electrons. The van der Waals surface area contributed by atoms with Crippen LogP contribution in [-0.2, 0) is 10.4 Å². The van der Waals surface area contributed by atoms with Crippen LogP contribution < -0.4 is 5.32 Å². The lowest BCUT2D eigenvalue weighted by atomic mass is 9.96. The Labute approximate surface area is 139 Å². The summed E-state index contributed by atoms with van der Waals surface area (Å²) in [5.74, 6) is 0.0367. The minimum Gasteiger partial charge on any atom is -0.437 e. The summed E-state index contributed by atoms with van der Waals surface area (Å²) in [4.78, 5) is 16.2. The van der Waals surface area contributed by atoms with Gasteiger partial charge in [-0.3, -0.25) is 4.79 Å². The van der Waals surface area contributed by atoms with Crippen LogP contribution in [-0.4, -0.2) is 22.5 Å². The highest BCUT2D eigenvalue weighted by molar-refractivity contribution is 5.91. The Kier molecular flexibility index (Phi) is 4.44. The molecule has 1 atom stereocenters. The van der Waals surface area contributed by atoms with Gasteiger partial charge in [0.25, 0.3) is 0 Å². The number of carbonyl (C=O) groups is 1. The molecule has 3 rings (SSSR count). The topological polar surface area (TPSA) is 75.4 Å². The first-order valence-electron chi connectivity index (χ1n) is 7.64. The molecule has 0 radical (unpaired) electrons. The number of hydrogen-bond donors (Lipinski definition) is 2. The number of fused-ring (bicyclic) bond motifs is 1. The number of nitrogens with zero attached hydrogens (tertiary/aromatic N) is 1. The Balaban J connectivity index is 1.61. The summed E-state index contributed by atoms with van der Waals surface area (Å²) in [7, 11) is 0. The fraction of sp³-hybridized carbons (Fsp3) is 0.158. The van der Waals surface area contributed by atoms with Crippen LogP contribution in [0.15, 0.2) is 65.1 Å². The van der Waals surface area contributed by atoms with Crippen LogP contribution in [0.5, 0.6) is 0 Å². The molecule has 1 unspecified atom stereocenters. The van der Waals surface area contributed by atoms with Gasteiger partial charge in [-0.05, 0) is 24.6 Å². The second kappa shape index (κ2) is 6.68. The molecular formula is C19H18N2O3. The predicted octanol–water partition coefficient (Wildman–Crippen LogP) is 2.86. The molecule has 0 fully saturated rings. The summed E-state index contributed by atoms with van der Waals surface area (Å²) >= 11 is 0. The minimum atomic E-state index is -1.14. The van der Waals surface area contributed by atoms with Crippen molar-refractivity contribution in [2.75, 3.05) is 6.54 Å². The van der Waals surface area contributed by atoms with E-state index in [0.717, 1.165) is 11.1 Å². The van der Waals surface area contributed by atoms with E-state index in [1.54, 1.807) is 6.92 Å². The third-order valence-electron chi connectivity index (χ3n) is 3.69. The van der Waals surface area contributed by atoms with Crippen LogP contribution in [0.3, 0.4) is 0 Å². The summed E-state index contributed by atoms with van der Waals surface area (Å²) in [6, 6.07) is 16.6. The molecule has 2 N–H and O–H groups in total. The fourth-order valence-electron chi connectivity index (χ4n) is 2.33. The van der Waals surface area contributed by atoms with Crippen LogP contribution >= 0.6 is 0 Å². The zero-order chi connectivity index (χ0) is 17.0. The van der Waals surface area contributed by atoms with Gasteiger partial charge >= 0.3 is 0 Å². The Morgan fingerprint density at radius 2 is 1.92 bits per heavy atom. The highest BCUT2D eigenvalue weighted by Crippen LogP contribution is 2.19. The molecule has 1 aromatic heterocycles. The Morgan fingerprint density at radius 3 is 2.67 bits per heavy atom. The van der Waals surface area contributed by atoms with E-state index in [9.17, 15) is 9.90 Å². The van der Waals surface area contributed by atoms with E-state index in [1.807, 2.05) is 54.6 Å². The van der Waals surface area contributed by atoms with Gasteiger partial charge in [0.1, 0.15) is 11.1 Å². The van der Waals surface area contributed by atoms with E-state index in [4.69, 9.17) is 4.42 Å². The molecule has 0 aliphatic rings. The molecule has 24 heavy (non-hydrogen) atoms. The molecule has 0 saturated heterocycles. The Hall–Kier alpha value is -2.92. The quantitative estimate of drug-likeness (QED) is 0.708. The molecular weight excluding hydrogens is 304 g/mol. The second-order valence-electron chi connectivity index (χ2n) is 5.71. The molecule has 0 aliphatic heterocycles. The number of oxazole rings is 1. The number of rotatable bonds is 5. The number of hydrogen-bond acceptors (Lipinski definition) is 4. The molecule has 0 aliphatic carbocycles. The summed E-state index contributed by atoms with van der Waals surface area (Å²) in [5.41, 5.74) is 1.02. The monoisotopic (exact) mass is 322 g/mol. The molecule has 0 spiro atoms. The standard InChI is InChI=1S/C19H18N2O3/c1-19(23,14-7-3-2-4-8-14)13-20-17(22)11-12-18-21-15-9-5-6-10-16(15)24-18/h2-12,23H,13H2,1H3,(H,20,22). The Morgan fingerprint density at radius 1 is 1.21 bits per heavy atom. The van der Waals surface area contributed by atoms with Crippen molar-refractivity contribution >= 4 is 23.1 Å². The van der Waals surface area contributed by atoms with Gasteiger partial charge in [-0.1, -0.05) is 42.5 Å². The number of amides is 1. The lowest BCUT2D eigenvalue weighted by Crippen LogP contribution is -2.37. The lowest BCUT2D eigenvalue weighted by Gasteiger charge is -2.23. The van der Waals surface area contributed by atoms with Crippen LogP contribution in [0, 0.1) is 0 Å². The van der Waals surface area contributed by atoms with Crippen molar-refractivity contribution in [3.63, 3.8) is 0 Å². The zero-order valence-corrected chi connectivity index (χ0v) is 13.3. The summed E-state index contributed by atoms with van der Waals surface area (Å²) in [5, 5.41) is 13.1. The maximum absolute atomic E-state index is 11.9. The van der Waals surface area contributed by atoms with Gasteiger partial charge in [-0.2, -0.15) is 0 Å². The van der Waals surface area contributed by atoms with Crippen LogP contribution in [0.2, 0.25) is 0 Å². The number of benzene rings is 2. The van der Waals surface area contributed by atoms with Crippen molar-refractivity contribution < 1.29 is 14.3 Å². The van der Waals surface area contributed by atoms with E-state index in [0.29, 0.717) is 11.5 Å². The van der Waals surface area contributed by atoms with Crippen molar-refractivity contribution in [1.29, 1.82) is 0 Å². The summed E-state index contributed by atoms with van der Waals surface area (Å²) in [6.45, 7) is 1.76. The SMILES string of the molecule is CC(O)(CNC(=O)C=Cc1nc2ccccc2o1)c1ccccc1. The van der Waals surface area contributed by atoms with Gasteiger partial charge in [0.05, 0.1) is 6.54 Å². The van der Waals surface area contributed by atoms with Gasteiger partial charge in [0.15, 0.2) is 5.58 Å². The average Bonchev–Trinajstić information content (AvgIpc) is 3.02. The van der Waals surface area contributed by atoms with Crippen LogP contribution in [0.25, 0.3) is 17.2 Å². The third-order valence-corrected chi connectivity index (χ3v) is 3.69. The van der Waals surface area contributed by atoms with Crippen LogP contribution in [0.4, 0.5) is 0 Å². The van der Waals surface area contributed by atoms with Crippen LogP contribution in [0.1, 0.15) is 18.4 Å². The minimum absolute atomic E-state index is 0.105. The van der Waals surface area contributed by atoms with Gasteiger partial charge in [-0.25, -0.2) is 4.98 Å². The van der Waals surface area contributed by atoms with Crippen molar-refractivity contribution in [1.82, 2.24) is 10.3 Å². The molecule has 1 amide bonds. The van der Waals surface area contributed by atoms with Gasteiger partial charge < -0.3 is 14.8 Å². The smallest absolute Gasteiger partial charge is 0.244 e. The maximum Gasteiger partial charge on any atom is 0.244 e. The number of aliphatic hydroxyl groups is 1. The number of carbonyl (C=O) groups excluding carboxylic acids is 1. The highest BCUT2D eigenvalue weighted by atomic mass is 16.3. The largest absolute Gasteiger partial charge is 0.437 e. The van der Waals surface area contributed by atoms with Crippen molar-refractivity contribution in [3.05, 3.63) is 72.1 Å². The van der Waals surface area contributed by atoms with E-state index < -0.39 is 5.60 Å². The number of aromatic nitrogens is 1. The molecule has 2 aromatic carbocycles. The van der Waals surface area contributed by atoms with E-state index >= 15 is 0 Å². The van der Waals surface area contributed by atoms with E-state index in [1.165, 1.54) is 12.2 Å². The third kappa shape index (κ3) is 3.70. The first-order valence-corrected chi connectivity index (χ1v) is 7.64. The molecule has 0 saturated carbocycles. The maximum atomic E-state index is 11.9. The first-order chi connectivity index (χ1) is 11.5. The molecule has 5 nitrogen and oxygen atoms in total. The molecule has 3 aromatic rings. The number of nitrogens with one attached hydrogen (secondary N) is 1. The fourth-order valence-corrected chi connectivity index (χ4v) is 2.33. The second-order valence-corrected chi connectivity index (χ2v) is 5.71. The average molecular weight is 322 g/mol. The molecule has 1 heterocycles. The normalized spacial score (nSPS) is 13.9. The van der Waals surface area contributed by atoms with E-state index in [2.05, 4.69) is 10.3 Å². The lowest BCUT2D eigenvalue weighted by molar-refractivity contribution is -0.117. The van der Waals surface area contributed by atoms with Gasteiger partial charge in [0, 0.05) is 12.2 Å². The van der Waals surface area contributed by atoms with Crippen molar-refractivity contribution in [3.8, 4) is 0 Å². The Bertz CT molecular complexity index is 833. The summed E-state index contributed by atoms with van der Waals surface area (Å²) in [6.07, 6.45) is 2.85. The van der Waals surface area contributed by atoms with E-state index in [-0.39, 0.29) is 12.5 Å². The molecule has 5 heteroatoms.